The Morgan fingerprint density at radius 1 is 1.04 bits per heavy atom. The molecular formula is C23H23NO2S. The molecular weight excluding hydrogens is 354 g/mol. The molecule has 3 nitrogen and oxygen atoms in total. The average molecular weight is 378 g/mol. The molecule has 0 aliphatic heterocycles. The maximum Gasteiger partial charge on any atom is 0.224 e. The normalized spacial score (nSPS) is 12.3. The van der Waals surface area contributed by atoms with Crippen LogP contribution in [0.2, 0.25) is 0 Å². The summed E-state index contributed by atoms with van der Waals surface area (Å²) in [5.74, 6) is 1.87. The molecule has 0 atom stereocenters. The Balaban J connectivity index is 1.32. The second kappa shape index (κ2) is 8.05. The summed E-state index contributed by atoms with van der Waals surface area (Å²) in [6.07, 6.45) is 3.59. The van der Waals surface area contributed by atoms with E-state index in [2.05, 4.69) is 47.8 Å². The van der Waals surface area contributed by atoms with E-state index in [1.807, 2.05) is 12.1 Å². The molecule has 0 aromatic heterocycles. The average Bonchev–Trinajstić information content (AvgIpc) is 3.13. The Hall–Kier alpha value is -2.46. The van der Waals surface area contributed by atoms with Gasteiger partial charge in [-0.2, -0.15) is 0 Å². The number of thioether (sulfide) groups is 1. The number of hydrogen-bond acceptors (Lipinski definition) is 3. The summed E-state index contributed by atoms with van der Waals surface area (Å²) in [5, 5.41) is 5.62. The zero-order valence-electron chi connectivity index (χ0n) is 15.5. The van der Waals surface area contributed by atoms with Crippen LogP contribution in [0.25, 0.3) is 10.8 Å². The Labute approximate surface area is 164 Å². The van der Waals surface area contributed by atoms with Gasteiger partial charge in [-0.3, -0.25) is 4.79 Å². The molecule has 27 heavy (non-hydrogen) atoms. The number of nitrogens with one attached hydrogen (secondary N) is 1. The van der Waals surface area contributed by atoms with Gasteiger partial charge in [0.2, 0.25) is 5.91 Å². The Morgan fingerprint density at radius 2 is 1.81 bits per heavy atom. The summed E-state index contributed by atoms with van der Waals surface area (Å²) < 4.78 is 5.17. The molecule has 4 heteroatoms. The molecule has 138 valence electrons. The third-order valence-electron chi connectivity index (χ3n) is 5.03. The summed E-state index contributed by atoms with van der Waals surface area (Å²) >= 11 is 1.77. The van der Waals surface area contributed by atoms with E-state index in [0.29, 0.717) is 6.42 Å². The lowest BCUT2D eigenvalue weighted by Crippen LogP contribution is -2.11. The van der Waals surface area contributed by atoms with Gasteiger partial charge in [0.15, 0.2) is 0 Å². The van der Waals surface area contributed by atoms with Crippen molar-refractivity contribution in [3.8, 4) is 5.75 Å². The minimum atomic E-state index is 0.0871. The Morgan fingerprint density at radius 3 is 2.59 bits per heavy atom. The van der Waals surface area contributed by atoms with Crippen LogP contribution in [0.15, 0.2) is 59.5 Å². The fourth-order valence-corrected chi connectivity index (χ4v) is 4.52. The largest absolute Gasteiger partial charge is 0.497 e. The van der Waals surface area contributed by atoms with Crippen LogP contribution < -0.4 is 10.1 Å². The van der Waals surface area contributed by atoms with Crippen molar-refractivity contribution in [1.82, 2.24) is 0 Å². The molecule has 1 N–H and O–H groups in total. The third-order valence-corrected chi connectivity index (χ3v) is 6.13. The van der Waals surface area contributed by atoms with E-state index >= 15 is 0 Å². The lowest BCUT2D eigenvalue weighted by atomic mass is 10.0. The van der Waals surface area contributed by atoms with Gasteiger partial charge in [0.1, 0.15) is 5.75 Å². The predicted molar refractivity (Wildman–Crippen MR) is 113 cm³/mol. The smallest absolute Gasteiger partial charge is 0.224 e. The van der Waals surface area contributed by atoms with Crippen LogP contribution in [0.4, 0.5) is 5.69 Å². The van der Waals surface area contributed by atoms with Gasteiger partial charge in [-0.25, -0.2) is 0 Å². The number of benzene rings is 3. The Kier molecular flexibility index (Phi) is 5.35. The maximum absolute atomic E-state index is 12.4. The standard InChI is InChI=1S/C23H23NO2S/c1-26-18-10-12-19(13-11-18)27-15-3-6-22(25)24-21-14-9-17-8-7-16-4-2-5-20(21)23(16)17/h2,4-5,9-14H,3,6-8,15H2,1H3,(H,24,25). The molecule has 0 saturated heterocycles. The van der Waals surface area contributed by atoms with E-state index in [0.717, 1.165) is 36.5 Å². The molecule has 0 radical (unpaired) electrons. The van der Waals surface area contributed by atoms with Crippen LogP contribution in [0.5, 0.6) is 5.75 Å². The first-order chi connectivity index (χ1) is 13.2. The molecule has 0 heterocycles. The maximum atomic E-state index is 12.4. The fourth-order valence-electron chi connectivity index (χ4n) is 3.66. The minimum absolute atomic E-state index is 0.0871. The number of rotatable bonds is 7. The summed E-state index contributed by atoms with van der Waals surface area (Å²) in [4.78, 5) is 13.6. The number of ether oxygens (including phenoxy) is 1. The molecule has 1 aliphatic carbocycles. The number of aryl methyl sites for hydroxylation is 2. The number of carbonyl (C=O) groups is 1. The van der Waals surface area contributed by atoms with Crippen molar-refractivity contribution in [2.45, 2.75) is 30.6 Å². The first-order valence-electron chi connectivity index (χ1n) is 9.35. The van der Waals surface area contributed by atoms with Gasteiger partial charge in [-0.15, -0.1) is 11.8 Å². The zero-order chi connectivity index (χ0) is 18.6. The molecule has 0 spiro atoms. The zero-order valence-corrected chi connectivity index (χ0v) is 16.3. The predicted octanol–water partition coefficient (Wildman–Crippen LogP) is 5.46. The van der Waals surface area contributed by atoms with Gasteiger partial charge in [-0.05, 0) is 71.9 Å². The summed E-state index contributed by atoms with van der Waals surface area (Å²) in [6.45, 7) is 0. The molecule has 1 aliphatic rings. The topological polar surface area (TPSA) is 38.3 Å². The van der Waals surface area contributed by atoms with E-state index in [1.165, 1.54) is 26.8 Å². The van der Waals surface area contributed by atoms with E-state index in [-0.39, 0.29) is 5.91 Å². The molecule has 0 unspecified atom stereocenters. The highest BCUT2D eigenvalue weighted by Gasteiger charge is 2.16. The molecule has 0 saturated carbocycles. The second-order valence-electron chi connectivity index (χ2n) is 6.79. The van der Waals surface area contributed by atoms with Crippen LogP contribution in [0.3, 0.4) is 0 Å². The number of methoxy groups -OCH3 is 1. The summed E-state index contributed by atoms with van der Waals surface area (Å²) in [5.41, 5.74) is 3.73. The summed E-state index contributed by atoms with van der Waals surface area (Å²) in [7, 11) is 1.67. The van der Waals surface area contributed by atoms with Crippen molar-refractivity contribution in [3.05, 3.63) is 65.7 Å². The summed E-state index contributed by atoms with van der Waals surface area (Å²) in [6, 6.07) is 18.6. The van der Waals surface area contributed by atoms with Gasteiger partial charge >= 0.3 is 0 Å². The highest BCUT2D eigenvalue weighted by atomic mass is 32.2. The lowest BCUT2D eigenvalue weighted by Gasteiger charge is -2.10. The van der Waals surface area contributed by atoms with E-state index < -0.39 is 0 Å². The molecule has 3 aromatic carbocycles. The second-order valence-corrected chi connectivity index (χ2v) is 7.96. The van der Waals surface area contributed by atoms with Gasteiger partial charge < -0.3 is 10.1 Å². The number of anilines is 1. The molecule has 0 fully saturated rings. The quantitative estimate of drug-likeness (QED) is 0.439. The molecule has 0 bridgehead atoms. The van der Waals surface area contributed by atoms with Crippen LogP contribution in [-0.4, -0.2) is 18.8 Å². The van der Waals surface area contributed by atoms with Crippen LogP contribution in [-0.2, 0) is 17.6 Å². The van der Waals surface area contributed by atoms with E-state index in [1.54, 1.807) is 18.9 Å². The van der Waals surface area contributed by atoms with Crippen molar-refractivity contribution < 1.29 is 9.53 Å². The fraction of sp³-hybridized carbons (Fsp3) is 0.261. The monoisotopic (exact) mass is 377 g/mol. The van der Waals surface area contributed by atoms with Gasteiger partial charge in [0.25, 0.3) is 0 Å². The number of hydrogen-bond donors (Lipinski definition) is 1. The third kappa shape index (κ3) is 3.96. The minimum Gasteiger partial charge on any atom is -0.497 e. The van der Waals surface area contributed by atoms with Crippen molar-refractivity contribution in [3.63, 3.8) is 0 Å². The molecule has 3 aromatic rings. The lowest BCUT2D eigenvalue weighted by molar-refractivity contribution is -0.116. The van der Waals surface area contributed by atoms with Gasteiger partial charge in [0, 0.05) is 22.4 Å². The van der Waals surface area contributed by atoms with E-state index in [9.17, 15) is 4.79 Å². The van der Waals surface area contributed by atoms with Crippen LogP contribution in [0.1, 0.15) is 24.0 Å². The van der Waals surface area contributed by atoms with Gasteiger partial charge in [0.05, 0.1) is 7.11 Å². The first kappa shape index (κ1) is 17.9. The molecule has 4 rings (SSSR count). The van der Waals surface area contributed by atoms with Crippen LogP contribution >= 0.6 is 11.8 Å². The van der Waals surface area contributed by atoms with Crippen LogP contribution in [0, 0.1) is 0 Å². The number of amides is 1. The highest BCUT2D eigenvalue weighted by Crippen LogP contribution is 2.35. The Bertz CT molecular complexity index is 956. The van der Waals surface area contributed by atoms with Crippen molar-refractivity contribution in [2.75, 3.05) is 18.2 Å². The molecule has 1 amide bonds. The van der Waals surface area contributed by atoms with Crippen molar-refractivity contribution in [1.29, 1.82) is 0 Å². The SMILES string of the molecule is COc1ccc(SCCCC(=O)Nc2ccc3c4c(cccc24)CC3)cc1. The van der Waals surface area contributed by atoms with Crippen molar-refractivity contribution >= 4 is 34.1 Å². The van der Waals surface area contributed by atoms with Gasteiger partial charge in [-0.1, -0.05) is 24.3 Å². The highest BCUT2D eigenvalue weighted by molar-refractivity contribution is 7.99. The van der Waals surface area contributed by atoms with E-state index in [4.69, 9.17) is 4.74 Å². The first-order valence-corrected chi connectivity index (χ1v) is 10.3. The number of carbonyl (C=O) groups excluding carboxylic acids is 1. The van der Waals surface area contributed by atoms with Crippen molar-refractivity contribution in [2.24, 2.45) is 0 Å².